The maximum Gasteiger partial charge on any atom is 0.124 e. The molecule has 1 unspecified atom stereocenters. The number of hydrogen-bond donors (Lipinski definition) is 1. The molecule has 1 N–H and O–H groups in total. The SMILES string of the molecule is CNCC(Cc1cc(C)c(OC)c(C)c1)C(C)C. The quantitative estimate of drug-likeness (QED) is 0.835. The highest BCUT2D eigenvalue weighted by Gasteiger charge is 2.14. The summed E-state index contributed by atoms with van der Waals surface area (Å²) in [6.07, 6.45) is 1.13. The van der Waals surface area contributed by atoms with E-state index in [9.17, 15) is 0 Å². The lowest BCUT2D eigenvalue weighted by Gasteiger charge is -2.21. The van der Waals surface area contributed by atoms with Crippen molar-refractivity contribution >= 4 is 0 Å². The van der Waals surface area contributed by atoms with E-state index in [1.54, 1.807) is 7.11 Å². The molecular formula is C16H27NO. The Morgan fingerprint density at radius 2 is 1.72 bits per heavy atom. The lowest BCUT2D eigenvalue weighted by atomic mass is 9.88. The average Bonchev–Trinajstić information content (AvgIpc) is 2.28. The summed E-state index contributed by atoms with van der Waals surface area (Å²) in [5.74, 6) is 2.40. The monoisotopic (exact) mass is 249 g/mol. The van der Waals surface area contributed by atoms with Crippen molar-refractivity contribution in [3.63, 3.8) is 0 Å². The highest BCUT2D eigenvalue weighted by Crippen LogP contribution is 2.26. The summed E-state index contributed by atoms with van der Waals surface area (Å²) in [6, 6.07) is 4.52. The standard InChI is InChI=1S/C16H27NO/c1-11(2)15(10-17-5)9-14-7-12(3)16(18-6)13(4)8-14/h7-8,11,15,17H,9-10H2,1-6H3. The zero-order chi connectivity index (χ0) is 13.7. The first-order valence-corrected chi connectivity index (χ1v) is 6.78. The van der Waals surface area contributed by atoms with Crippen LogP contribution in [0.5, 0.6) is 5.75 Å². The third-order valence-electron chi connectivity index (χ3n) is 3.63. The number of aryl methyl sites for hydroxylation is 2. The number of rotatable bonds is 6. The molecule has 0 aliphatic heterocycles. The molecule has 0 spiro atoms. The lowest BCUT2D eigenvalue weighted by molar-refractivity contribution is 0.369. The maximum atomic E-state index is 5.42. The predicted molar refractivity (Wildman–Crippen MR) is 78.4 cm³/mol. The van der Waals surface area contributed by atoms with E-state index in [1.807, 2.05) is 7.05 Å². The van der Waals surface area contributed by atoms with Gasteiger partial charge in [-0.3, -0.25) is 0 Å². The second-order valence-corrected chi connectivity index (χ2v) is 5.53. The van der Waals surface area contributed by atoms with Gasteiger partial charge in [0.15, 0.2) is 0 Å². The van der Waals surface area contributed by atoms with E-state index >= 15 is 0 Å². The Kier molecular flexibility index (Phi) is 5.67. The minimum absolute atomic E-state index is 0.683. The summed E-state index contributed by atoms with van der Waals surface area (Å²) in [5, 5.41) is 3.30. The fourth-order valence-corrected chi connectivity index (χ4v) is 2.59. The van der Waals surface area contributed by atoms with Crippen molar-refractivity contribution in [2.45, 2.75) is 34.1 Å². The number of hydrogen-bond acceptors (Lipinski definition) is 2. The van der Waals surface area contributed by atoms with Crippen LogP contribution in [0.15, 0.2) is 12.1 Å². The smallest absolute Gasteiger partial charge is 0.124 e. The van der Waals surface area contributed by atoms with Crippen LogP contribution in [0.4, 0.5) is 0 Å². The van der Waals surface area contributed by atoms with Crippen molar-refractivity contribution in [3.8, 4) is 5.75 Å². The first kappa shape index (κ1) is 15.0. The summed E-state index contributed by atoms with van der Waals surface area (Å²) in [4.78, 5) is 0. The molecule has 0 aliphatic carbocycles. The Balaban J connectivity index is 2.90. The van der Waals surface area contributed by atoms with Gasteiger partial charge in [0, 0.05) is 0 Å². The molecule has 0 bridgehead atoms. The lowest BCUT2D eigenvalue weighted by Crippen LogP contribution is -2.25. The summed E-state index contributed by atoms with van der Waals surface area (Å²) >= 11 is 0. The fourth-order valence-electron chi connectivity index (χ4n) is 2.59. The van der Waals surface area contributed by atoms with Crippen molar-refractivity contribution < 1.29 is 4.74 Å². The Bertz CT molecular complexity index is 362. The van der Waals surface area contributed by atoms with Gasteiger partial charge in [-0.05, 0) is 62.4 Å². The molecular weight excluding hydrogens is 222 g/mol. The molecule has 1 rings (SSSR count). The van der Waals surface area contributed by atoms with Crippen LogP contribution in [-0.4, -0.2) is 20.7 Å². The topological polar surface area (TPSA) is 21.3 Å². The van der Waals surface area contributed by atoms with E-state index in [0.29, 0.717) is 11.8 Å². The summed E-state index contributed by atoms with van der Waals surface area (Å²) in [5.41, 5.74) is 3.89. The van der Waals surface area contributed by atoms with E-state index in [-0.39, 0.29) is 0 Å². The summed E-state index contributed by atoms with van der Waals surface area (Å²) < 4.78 is 5.42. The van der Waals surface area contributed by atoms with Crippen LogP contribution in [0, 0.1) is 25.7 Å². The van der Waals surface area contributed by atoms with Gasteiger partial charge in [0.2, 0.25) is 0 Å². The van der Waals surface area contributed by atoms with Gasteiger partial charge < -0.3 is 10.1 Å². The largest absolute Gasteiger partial charge is 0.496 e. The van der Waals surface area contributed by atoms with Crippen LogP contribution in [0.2, 0.25) is 0 Å². The Labute approximate surface area is 112 Å². The third kappa shape index (κ3) is 3.74. The predicted octanol–water partition coefficient (Wildman–Crippen LogP) is 3.35. The highest BCUT2D eigenvalue weighted by atomic mass is 16.5. The van der Waals surface area contributed by atoms with Crippen LogP contribution in [0.25, 0.3) is 0 Å². The van der Waals surface area contributed by atoms with Crippen molar-refractivity contribution in [2.75, 3.05) is 20.7 Å². The molecule has 18 heavy (non-hydrogen) atoms. The number of nitrogens with one attached hydrogen (secondary N) is 1. The van der Waals surface area contributed by atoms with E-state index in [1.165, 1.54) is 16.7 Å². The molecule has 0 saturated heterocycles. The zero-order valence-corrected chi connectivity index (χ0v) is 12.6. The van der Waals surface area contributed by atoms with Crippen molar-refractivity contribution in [2.24, 2.45) is 11.8 Å². The molecule has 0 heterocycles. The molecule has 0 radical (unpaired) electrons. The molecule has 1 aromatic rings. The van der Waals surface area contributed by atoms with Gasteiger partial charge in [-0.1, -0.05) is 26.0 Å². The maximum absolute atomic E-state index is 5.42. The number of ether oxygens (including phenoxy) is 1. The van der Waals surface area contributed by atoms with Crippen LogP contribution in [0.3, 0.4) is 0 Å². The van der Waals surface area contributed by atoms with Crippen LogP contribution in [-0.2, 0) is 6.42 Å². The van der Waals surface area contributed by atoms with Crippen molar-refractivity contribution in [1.29, 1.82) is 0 Å². The van der Waals surface area contributed by atoms with Crippen molar-refractivity contribution in [1.82, 2.24) is 5.32 Å². The first-order valence-electron chi connectivity index (χ1n) is 6.78. The van der Waals surface area contributed by atoms with Gasteiger partial charge in [0.05, 0.1) is 7.11 Å². The minimum Gasteiger partial charge on any atom is -0.496 e. The minimum atomic E-state index is 0.683. The van der Waals surface area contributed by atoms with Crippen LogP contribution < -0.4 is 10.1 Å². The number of methoxy groups -OCH3 is 1. The van der Waals surface area contributed by atoms with E-state index in [0.717, 1.165) is 18.7 Å². The summed E-state index contributed by atoms with van der Waals surface area (Å²) in [6.45, 7) is 9.91. The van der Waals surface area contributed by atoms with Gasteiger partial charge in [-0.2, -0.15) is 0 Å². The Hall–Kier alpha value is -1.02. The second-order valence-electron chi connectivity index (χ2n) is 5.53. The molecule has 2 heteroatoms. The molecule has 0 aromatic heterocycles. The average molecular weight is 249 g/mol. The van der Waals surface area contributed by atoms with E-state index in [2.05, 4.69) is 45.1 Å². The molecule has 102 valence electrons. The van der Waals surface area contributed by atoms with Crippen LogP contribution >= 0.6 is 0 Å². The molecule has 0 amide bonds. The van der Waals surface area contributed by atoms with Gasteiger partial charge >= 0.3 is 0 Å². The molecule has 2 nitrogen and oxygen atoms in total. The molecule has 1 aromatic carbocycles. The van der Waals surface area contributed by atoms with Crippen LogP contribution in [0.1, 0.15) is 30.5 Å². The molecule has 0 saturated carbocycles. The molecule has 0 aliphatic rings. The Morgan fingerprint density at radius 3 is 2.11 bits per heavy atom. The number of benzene rings is 1. The van der Waals surface area contributed by atoms with Gasteiger partial charge in [0.25, 0.3) is 0 Å². The first-order chi connectivity index (χ1) is 8.49. The normalized spacial score (nSPS) is 12.8. The van der Waals surface area contributed by atoms with Gasteiger partial charge in [0.1, 0.15) is 5.75 Å². The van der Waals surface area contributed by atoms with Gasteiger partial charge in [-0.15, -0.1) is 0 Å². The van der Waals surface area contributed by atoms with Crippen molar-refractivity contribution in [3.05, 3.63) is 28.8 Å². The van der Waals surface area contributed by atoms with E-state index < -0.39 is 0 Å². The second kappa shape index (κ2) is 6.79. The molecule has 0 fully saturated rings. The fraction of sp³-hybridized carbons (Fsp3) is 0.625. The Morgan fingerprint density at radius 1 is 1.17 bits per heavy atom. The summed E-state index contributed by atoms with van der Waals surface area (Å²) in [7, 11) is 3.77. The zero-order valence-electron chi connectivity index (χ0n) is 12.6. The highest BCUT2D eigenvalue weighted by molar-refractivity contribution is 5.43. The molecule has 1 atom stereocenters. The third-order valence-corrected chi connectivity index (χ3v) is 3.63. The van der Waals surface area contributed by atoms with E-state index in [4.69, 9.17) is 4.74 Å². The van der Waals surface area contributed by atoms with Gasteiger partial charge in [-0.25, -0.2) is 0 Å².